The van der Waals surface area contributed by atoms with Gasteiger partial charge in [0.05, 0.1) is 29.5 Å². The number of hydrogen-bond donors (Lipinski definition) is 1. The molecule has 0 saturated carbocycles. The lowest BCUT2D eigenvalue weighted by Gasteiger charge is -2.34. The predicted octanol–water partition coefficient (Wildman–Crippen LogP) is 3.61. The van der Waals surface area contributed by atoms with Crippen LogP contribution in [-0.2, 0) is 19.6 Å². The molecule has 5 rings (SSSR count). The molecule has 0 atom stereocenters. The quantitative estimate of drug-likeness (QED) is 0.627. The summed E-state index contributed by atoms with van der Waals surface area (Å²) in [6, 6.07) is 10.2. The van der Waals surface area contributed by atoms with Crippen LogP contribution in [0.15, 0.2) is 41.3 Å². The van der Waals surface area contributed by atoms with Crippen molar-refractivity contribution in [2.24, 2.45) is 5.92 Å². The van der Waals surface area contributed by atoms with Crippen LogP contribution < -0.4 is 15.0 Å². The molecule has 2 fully saturated rings. The number of nitrogens with one attached hydrogen (secondary N) is 1. The van der Waals surface area contributed by atoms with E-state index in [0.29, 0.717) is 68.5 Å². The van der Waals surface area contributed by atoms with Gasteiger partial charge in [0.15, 0.2) is 5.75 Å². The summed E-state index contributed by atoms with van der Waals surface area (Å²) in [5.74, 6) is -0.0531. The van der Waals surface area contributed by atoms with Gasteiger partial charge in [0.25, 0.3) is 5.91 Å². The van der Waals surface area contributed by atoms with Crippen molar-refractivity contribution in [3.63, 3.8) is 0 Å². The van der Waals surface area contributed by atoms with Crippen LogP contribution in [0, 0.1) is 5.92 Å². The average molecular weight is 500 g/mol. The maximum Gasteiger partial charge on any atom is 0.309 e. The largest absolute Gasteiger partial charge is 0.466 e. The Kier molecular flexibility index (Phi) is 6.41. The Bertz CT molecular complexity index is 1250. The van der Waals surface area contributed by atoms with Gasteiger partial charge in [0, 0.05) is 32.2 Å². The molecule has 2 aromatic carbocycles. The smallest absolute Gasteiger partial charge is 0.309 e. The molecule has 2 saturated heterocycles. The second-order valence-corrected chi connectivity index (χ2v) is 10.9. The molecule has 0 unspecified atom stereocenters. The third-order valence-electron chi connectivity index (χ3n) is 6.80. The molecule has 0 aliphatic carbocycles. The molecule has 0 aromatic heterocycles. The number of carbonyl (C=O) groups excluding carboxylic acids is 2. The second kappa shape index (κ2) is 9.50. The number of para-hydroxylation sites is 2. The standard InChI is InChI=1S/C25H29N3O6S/c1-2-33-25(30)17-9-13-27(14-10-17)20-16-22-18(15-23(20)35(31,32)28-11-5-6-12-28)24(29)26-19-7-3-4-8-21(19)34-22/h3-4,7-8,15-17H,2,5-6,9-14H2,1H3,(H,26,29). The van der Waals surface area contributed by atoms with Gasteiger partial charge in [-0.2, -0.15) is 4.31 Å². The van der Waals surface area contributed by atoms with Crippen LogP contribution in [-0.4, -0.2) is 57.4 Å². The van der Waals surface area contributed by atoms with E-state index in [9.17, 15) is 18.0 Å². The highest BCUT2D eigenvalue weighted by Crippen LogP contribution is 2.42. The number of piperidine rings is 1. The summed E-state index contributed by atoms with van der Waals surface area (Å²) in [5, 5.41) is 2.82. The molecule has 35 heavy (non-hydrogen) atoms. The van der Waals surface area contributed by atoms with E-state index in [1.165, 1.54) is 10.4 Å². The second-order valence-electron chi connectivity index (χ2n) is 8.99. The number of esters is 1. The number of nitrogens with zero attached hydrogens (tertiary/aromatic N) is 2. The van der Waals surface area contributed by atoms with Crippen LogP contribution in [0.25, 0.3) is 0 Å². The topological polar surface area (TPSA) is 105 Å². The SMILES string of the molecule is CCOC(=O)C1CCN(c2cc3c(cc2S(=O)(=O)N2CCCC2)C(=O)Nc2ccccc2O3)CC1. The molecule has 3 heterocycles. The monoisotopic (exact) mass is 499 g/mol. The minimum atomic E-state index is -3.83. The Morgan fingerprint density at radius 2 is 1.80 bits per heavy atom. The van der Waals surface area contributed by atoms with Crippen LogP contribution in [0.4, 0.5) is 11.4 Å². The van der Waals surface area contributed by atoms with Crippen molar-refractivity contribution >= 4 is 33.3 Å². The number of fused-ring (bicyclic) bond motifs is 2. The summed E-state index contributed by atoms with van der Waals surface area (Å²) in [7, 11) is -3.83. The Balaban J connectivity index is 1.56. The Morgan fingerprint density at radius 1 is 1.09 bits per heavy atom. The van der Waals surface area contributed by atoms with E-state index in [1.54, 1.807) is 31.2 Å². The number of hydrogen-bond acceptors (Lipinski definition) is 7. The number of ether oxygens (including phenoxy) is 2. The number of sulfonamides is 1. The number of carbonyl (C=O) groups is 2. The molecule has 0 bridgehead atoms. The molecule has 3 aliphatic heterocycles. The maximum atomic E-state index is 13.7. The zero-order chi connectivity index (χ0) is 24.6. The molecule has 3 aliphatic rings. The van der Waals surface area contributed by atoms with E-state index in [2.05, 4.69) is 5.32 Å². The lowest BCUT2D eigenvalue weighted by atomic mass is 9.96. The molecule has 0 spiro atoms. The number of anilines is 2. The minimum Gasteiger partial charge on any atom is -0.466 e. The van der Waals surface area contributed by atoms with E-state index in [4.69, 9.17) is 9.47 Å². The van der Waals surface area contributed by atoms with Crippen LogP contribution in [0.1, 0.15) is 43.0 Å². The van der Waals surface area contributed by atoms with Gasteiger partial charge in [-0.1, -0.05) is 12.1 Å². The summed E-state index contributed by atoms with van der Waals surface area (Å²) >= 11 is 0. The fourth-order valence-corrected chi connectivity index (χ4v) is 6.65. The Morgan fingerprint density at radius 3 is 2.51 bits per heavy atom. The van der Waals surface area contributed by atoms with Crippen molar-refractivity contribution in [2.75, 3.05) is 43.0 Å². The van der Waals surface area contributed by atoms with Crippen molar-refractivity contribution < 1.29 is 27.5 Å². The minimum absolute atomic E-state index is 0.0949. The summed E-state index contributed by atoms with van der Waals surface area (Å²) < 4.78 is 40.2. The van der Waals surface area contributed by atoms with Gasteiger partial charge < -0.3 is 19.7 Å². The van der Waals surface area contributed by atoms with Gasteiger partial charge in [-0.05, 0) is 50.8 Å². The van der Waals surface area contributed by atoms with Gasteiger partial charge in [-0.15, -0.1) is 0 Å². The molecular weight excluding hydrogens is 470 g/mol. The predicted molar refractivity (Wildman–Crippen MR) is 130 cm³/mol. The molecule has 9 nitrogen and oxygen atoms in total. The summed E-state index contributed by atoms with van der Waals surface area (Å²) in [5.41, 5.74) is 1.18. The lowest BCUT2D eigenvalue weighted by Crippen LogP contribution is -2.38. The molecular formula is C25H29N3O6S. The van der Waals surface area contributed by atoms with Crippen molar-refractivity contribution in [3.8, 4) is 11.5 Å². The maximum absolute atomic E-state index is 13.7. The highest BCUT2D eigenvalue weighted by Gasteiger charge is 2.35. The highest BCUT2D eigenvalue weighted by atomic mass is 32.2. The summed E-state index contributed by atoms with van der Waals surface area (Å²) in [6.45, 7) is 4.02. The Labute approximate surface area is 205 Å². The zero-order valence-electron chi connectivity index (χ0n) is 19.7. The normalized spacial score (nSPS) is 18.8. The summed E-state index contributed by atoms with van der Waals surface area (Å²) in [6.07, 6.45) is 2.74. The number of amides is 1. The first-order chi connectivity index (χ1) is 16.9. The number of benzene rings is 2. The average Bonchev–Trinajstić information content (AvgIpc) is 3.37. The first kappa shape index (κ1) is 23.6. The van der Waals surface area contributed by atoms with Gasteiger partial charge >= 0.3 is 5.97 Å². The van der Waals surface area contributed by atoms with Gasteiger partial charge in [0.2, 0.25) is 10.0 Å². The fourth-order valence-electron chi connectivity index (χ4n) is 4.92. The van der Waals surface area contributed by atoms with Crippen LogP contribution in [0.2, 0.25) is 0 Å². The van der Waals surface area contributed by atoms with Crippen molar-refractivity contribution in [1.82, 2.24) is 4.31 Å². The third kappa shape index (κ3) is 4.48. The van der Waals surface area contributed by atoms with Crippen molar-refractivity contribution in [2.45, 2.75) is 37.5 Å². The van der Waals surface area contributed by atoms with E-state index in [-0.39, 0.29) is 22.3 Å². The first-order valence-corrected chi connectivity index (χ1v) is 13.5. The molecule has 2 aromatic rings. The molecule has 1 amide bonds. The zero-order valence-corrected chi connectivity index (χ0v) is 20.5. The third-order valence-corrected chi connectivity index (χ3v) is 8.73. The Hall–Kier alpha value is -3.11. The van der Waals surface area contributed by atoms with Crippen LogP contribution in [0.3, 0.4) is 0 Å². The van der Waals surface area contributed by atoms with E-state index in [1.807, 2.05) is 11.0 Å². The molecule has 0 radical (unpaired) electrons. The van der Waals surface area contributed by atoms with Crippen LogP contribution in [0.5, 0.6) is 11.5 Å². The van der Waals surface area contributed by atoms with Crippen molar-refractivity contribution in [1.29, 1.82) is 0 Å². The van der Waals surface area contributed by atoms with Gasteiger partial charge in [-0.25, -0.2) is 8.42 Å². The van der Waals surface area contributed by atoms with Crippen molar-refractivity contribution in [3.05, 3.63) is 42.0 Å². The van der Waals surface area contributed by atoms with E-state index in [0.717, 1.165) is 12.8 Å². The molecule has 10 heteroatoms. The number of rotatable bonds is 5. The highest BCUT2D eigenvalue weighted by molar-refractivity contribution is 7.89. The fraction of sp³-hybridized carbons (Fsp3) is 0.440. The van der Waals surface area contributed by atoms with Gasteiger partial charge in [-0.3, -0.25) is 9.59 Å². The molecule has 1 N–H and O–H groups in total. The molecule has 186 valence electrons. The van der Waals surface area contributed by atoms with Crippen LogP contribution >= 0.6 is 0 Å². The van der Waals surface area contributed by atoms with E-state index < -0.39 is 15.9 Å². The lowest BCUT2D eigenvalue weighted by molar-refractivity contribution is -0.148. The van der Waals surface area contributed by atoms with Gasteiger partial charge in [0.1, 0.15) is 10.6 Å². The summed E-state index contributed by atoms with van der Waals surface area (Å²) in [4.78, 5) is 27.4. The van der Waals surface area contributed by atoms with E-state index >= 15 is 0 Å². The first-order valence-electron chi connectivity index (χ1n) is 12.1.